The molecule has 0 bridgehead atoms. The van der Waals surface area contributed by atoms with Gasteiger partial charge in [-0.3, -0.25) is 0 Å². The first-order valence-electron chi connectivity index (χ1n) is 4.94. The number of carbonyl (C=O) groups is 1. The molecule has 0 radical (unpaired) electrons. The summed E-state index contributed by atoms with van der Waals surface area (Å²) in [5.74, 6) is -0.487. The molecule has 0 saturated heterocycles. The number of carboxylic acid groups (broad SMARTS) is 1. The van der Waals surface area contributed by atoms with Gasteiger partial charge in [-0.2, -0.15) is 0 Å². The quantitative estimate of drug-likeness (QED) is 0.867. The van der Waals surface area contributed by atoms with E-state index in [-0.39, 0.29) is 5.56 Å². The van der Waals surface area contributed by atoms with Gasteiger partial charge in [-0.15, -0.1) is 0 Å². The summed E-state index contributed by atoms with van der Waals surface area (Å²) in [4.78, 5) is 11.2. The number of hydrogen-bond acceptors (Lipinski definition) is 2. The van der Waals surface area contributed by atoms with Crippen LogP contribution >= 0.6 is 15.9 Å². The average molecular weight is 303 g/mol. The predicted molar refractivity (Wildman–Crippen MR) is 69.8 cm³/mol. The molecule has 0 aromatic heterocycles. The second-order valence-electron chi connectivity index (χ2n) is 4.57. The fourth-order valence-corrected chi connectivity index (χ4v) is 2.50. The molecule has 88 valence electrons. The molecule has 1 N–H and O–H groups in total. The van der Waals surface area contributed by atoms with Gasteiger partial charge in [0.15, 0.2) is 0 Å². The topological polar surface area (TPSA) is 46.5 Å². The molecule has 0 aliphatic rings. The summed E-state index contributed by atoms with van der Waals surface area (Å²) >= 11 is 3.32. The highest BCUT2D eigenvalue weighted by molar-refractivity contribution is 9.10. The van der Waals surface area contributed by atoms with Crippen molar-refractivity contribution in [3.63, 3.8) is 0 Å². The summed E-state index contributed by atoms with van der Waals surface area (Å²) in [5.41, 5.74) is 0.944. The average Bonchev–Trinajstić information content (AvgIpc) is 2.08. The van der Waals surface area contributed by atoms with E-state index in [4.69, 9.17) is 4.43 Å². The fraction of sp³-hybridized carbons (Fsp3) is 0.364. The van der Waals surface area contributed by atoms with Crippen LogP contribution in [0.2, 0.25) is 19.6 Å². The van der Waals surface area contributed by atoms with Crippen LogP contribution < -0.4 is 4.43 Å². The van der Waals surface area contributed by atoms with E-state index in [2.05, 4.69) is 15.9 Å². The van der Waals surface area contributed by atoms with Crippen molar-refractivity contribution in [3.05, 3.63) is 27.7 Å². The van der Waals surface area contributed by atoms with Gasteiger partial charge in [0, 0.05) is 4.47 Å². The molecule has 0 atom stereocenters. The lowest BCUT2D eigenvalue weighted by Crippen LogP contribution is -2.30. The molecule has 3 nitrogen and oxygen atoms in total. The highest BCUT2D eigenvalue weighted by Crippen LogP contribution is 2.30. The first-order valence-corrected chi connectivity index (χ1v) is 9.14. The Morgan fingerprint density at radius 3 is 2.38 bits per heavy atom. The third kappa shape index (κ3) is 3.09. The van der Waals surface area contributed by atoms with Crippen LogP contribution in [0.3, 0.4) is 0 Å². The minimum atomic E-state index is -1.79. The number of carboxylic acids is 1. The molecule has 0 fully saturated rings. The minimum absolute atomic E-state index is 0.247. The van der Waals surface area contributed by atoms with Crippen LogP contribution in [-0.4, -0.2) is 19.4 Å². The molecule has 0 amide bonds. The van der Waals surface area contributed by atoms with E-state index in [9.17, 15) is 9.90 Å². The molecule has 0 spiro atoms. The smallest absolute Gasteiger partial charge is 0.339 e. The summed E-state index contributed by atoms with van der Waals surface area (Å²) in [6, 6.07) is 3.52. The Hall–Kier alpha value is -0.813. The highest BCUT2D eigenvalue weighted by Gasteiger charge is 2.22. The third-order valence-corrected chi connectivity index (χ3v) is 3.68. The SMILES string of the molecule is Cc1c(Br)ccc(O[Si](C)(C)C)c1C(=O)O. The lowest BCUT2D eigenvalue weighted by Gasteiger charge is -2.21. The lowest BCUT2D eigenvalue weighted by atomic mass is 10.1. The summed E-state index contributed by atoms with van der Waals surface area (Å²) in [7, 11) is -1.79. The number of aromatic carboxylic acids is 1. The highest BCUT2D eigenvalue weighted by atomic mass is 79.9. The van der Waals surface area contributed by atoms with Crippen LogP contribution in [0.4, 0.5) is 0 Å². The number of rotatable bonds is 3. The zero-order chi connectivity index (χ0) is 12.5. The van der Waals surface area contributed by atoms with Crippen LogP contribution in [0.25, 0.3) is 0 Å². The lowest BCUT2D eigenvalue weighted by molar-refractivity contribution is 0.0694. The van der Waals surface area contributed by atoms with E-state index < -0.39 is 14.3 Å². The predicted octanol–water partition coefficient (Wildman–Crippen LogP) is 3.67. The maximum atomic E-state index is 11.2. The maximum absolute atomic E-state index is 11.2. The second-order valence-corrected chi connectivity index (χ2v) is 9.85. The van der Waals surface area contributed by atoms with Crippen LogP contribution in [0.1, 0.15) is 15.9 Å². The largest absolute Gasteiger partial charge is 0.544 e. The van der Waals surface area contributed by atoms with Crippen molar-refractivity contribution in [2.45, 2.75) is 26.6 Å². The van der Waals surface area contributed by atoms with Crippen molar-refractivity contribution < 1.29 is 14.3 Å². The van der Waals surface area contributed by atoms with E-state index in [1.807, 2.05) is 25.7 Å². The molecule has 0 unspecified atom stereocenters. The van der Waals surface area contributed by atoms with Gasteiger partial charge in [0.1, 0.15) is 11.3 Å². The summed E-state index contributed by atoms with van der Waals surface area (Å²) < 4.78 is 6.55. The van der Waals surface area contributed by atoms with Crippen molar-refractivity contribution in [1.29, 1.82) is 0 Å². The Balaban J connectivity index is 3.29. The Morgan fingerprint density at radius 1 is 1.38 bits per heavy atom. The first kappa shape index (κ1) is 13.3. The Labute approximate surface area is 105 Å². The summed E-state index contributed by atoms with van der Waals surface area (Å²) in [5, 5.41) is 9.18. The molecule has 0 heterocycles. The van der Waals surface area contributed by atoms with Gasteiger partial charge < -0.3 is 9.53 Å². The van der Waals surface area contributed by atoms with Gasteiger partial charge in [0.05, 0.1) is 0 Å². The number of benzene rings is 1. The third-order valence-electron chi connectivity index (χ3n) is 1.99. The van der Waals surface area contributed by atoms with E-state index in [0.29, 0.717) is 11.3 Å². The van der Waals surface area contributed by atoms with E-state index in [1.54, 1.807) is 13.0 Å². The molecule has 0 aliphatic heterocycles. The summed E-state index contributed by atoms with van der Waals surface area (Å²) in [6.07, 6.45) is 0. The van der Waals surface area contributed by atoms with Crippen LogP contribution in [0.5, 0.6) is 5.75 Å². The Morgan fingerprint density at radius 2 is 1.94 bits per heavy atom. The fourth-order valence-electron chi connectivity index (χ4n) is 1.34. The Bertz CT molecular complexity index is 424. The van der Waals surface area contributed by atoms with Crippen molar-refractivity contribution in [3.8, 4) is 5.75 Å². The van der Waals surface area contributed by atoms with Crippen molar-refractivity contribution in [1.82, 2.24) is 0 Å². The Kier molecular flexibility index (Phi) is 3.80. The molecular formula is C11H15BrO3Si. The van der Waals surface area contributed by atoms with E-state index >= 15 is 0 Å². The van der Waals surface area contributed by atoms with Gasteiger partial charge in [-0.25, -0.2) is 4.79 Å². The zero-order valence-electron chi connectivity index (χ0n) is 9.80. The molecule has 0 saturated carbocycles. The molecule has 5 heteroatoms. The van der Waals surface area contributed by atoms with Gasteiger partial charge in [-0.1, -0.05) is 15.9 Å². The van der Waals surface area contributed by atoms with Crippen LogP contribution in [0.15, 0.2) is 16.6 Å². The van der Waals surface area contributed by atoms with E-state index in [0.717, 1.165) is 4.47 Å². The molecule has 1 aromatic carbocycles. The van der Waals surface area contributed by atoms with Crippen LogP contribution in [-0.2, 0) is 0 Å². The van der Waals surface area contributed by atoms with E-state index in [1.165, 1.54) is 0 Å². The van der Waals surface area contributed by atoms with Crippen molar-refractivity contribution in [2.24, 2.45) is 0 Å². The van der Waals surface area contributed by atoms with Crippen LogP contribution in [0, 0.1) is 6.92 Å². The summed E-state index contributed by atoms with van der Waals surface area (Å²) in [6.45, 7) is 7.84. The maximum Gasteiger partial charge on any atom is 0.339 e. The van der Waals surface area contributed by atoms with Gasteiger partial charge in [0.2, 0.25) is 8.32 Å². The normalized spacial score (nSPS) is 11.3. The first-order chi connectivity index (χ1) is 7.22. The van der Waals surface area contributed by atoms with Gasteiger partial charge in [0.25, 0.3) is 0 Å². The number of hydrogen-bond donors (Lipinski definition) is 1. The molecule has 16 heavy (non-hydrogen) atoms. The number of halogens is 1. The monoisotopic (exact) mass is 302 g/mol. The second kappa shape index (κ2) is 4.59. The molecule has 1 rings (SSSR count). The standard InChI is InChI=1S/C11H15BrO3Si/c1-7-8(12)5-6-9(10(7)11(13)14)15-16(2,3)4/h5-6H,1-4H3,(H,13,14). The minimum Gasteiger partial charge on any atom is -0.544 e. The van der Waals surface area contributed by atoms with Gasteiger partial charge in [-0.05, 0) is 44.3 Å². The molecular weight excluding hydrogens is 288 g/mol. The molecule has 0 aliphatic carbocycles. The van der Waals surface area contributed by atoms with Crippen molar-refractivity contribution >= 4 is 30.2 Å². The molecule has 1 aromatic rings. The van der Waals surface area contributed by atoms with Crippen molar-refractivity contribution in [2.75, 3.05) is 0 Å². The van der Waals surface area contributed by atoms with Gasteiger partial charge >= 0.3 is 5.97 Å². The zero-order valence-corrected chi connectivity index (χ0v) is 12.4.